The highest BCUT2D eigenvalue weighted by molar-refractivity contribution is 6.30. The third-order valence-electron chi connectivity index (χ3n) is 4.90. The van der Waals surface area contributed by atoms with Gasteiger partial charge in [0.1, 0.15) is 30.0 Å². The molecule has 0 aliphatic rings. The molecule has 1 heterocycles. The first-order valence-electron chi connectivity index (χ1n) is 9.76. The van der Waals surface area contributed by atoms with Crippen LogP contribution in [-0.4, -0.2) is 34.5 Å². The molecule has 0 aliphatic heterocycles. The number of aliphatic hydroxyl groups excluding tert-OH is 1. The van der Waals surface area contributed by atoms with E-state index < -0.39 is 6.10 Å². The van der Waals surface area contributed by atoms with Crippen molar-refractivity contribution in [1.82, 2.24) is 9.55 Å². The first-order chi connectivity index (χ1) is 14.6. The summed E-state index contributed by atoms with van der Waals surface area (Å²) < 4.78 is 13.0. The van der Waals surface area contributed by atoms with Gasteiger partial charge < -0.3 is 19.1 Å². The van der Waals surface area contributed by atoms with Crippen molar-refractivity contribution in [3.63, 3.8) is 0 Å². The zero-order valence-electron chi connectivity index (χ0n) is 16.7. The van der Waals surface area contributed by atoms with Crippen LogP contribution >= 0.6 is 11.6 Å². The van der Waals surface area contributed by atoms with Crippen LogP contribution in [0.5, 0.6) is 11.5 Å². The Labute approximate surface area is 180 Å². The average molecular weight is 423 g/mol. The van der Waals surface area contributed by atoms with Gasteiger partial charge >= 0.3 is 0 Å². The summed E-state index contributed by atoms with van der Waals surface area (Å²) in [6.45, 7) is 0.565. The topological polar surface area (TPSA) is 56.5 Å². The normalized spacial score (nSPS) is 12.1. The molecule has 3 aromatic carbocycles. The van der Waals surface area contributed by atoms with E-state index in [4.69, 9.17) is 26.1 Å². The first kappa shape index (κ1) is 20.3. The molecule has 0 bridgehead atoms. The van der Waals surface area contributed by atoms with Crippen LogP contribution in [0.1, 0.15) is 11.4 Å². The minimum Gasteiger partial charge on any atom is -0.497 e. The van der Waals surface area contributed by atoms with Crippen molar-refractivity contribution in [1.29, 1.82) is 0 Å². The second-order valence-electron chi connectivity index (χ2n) is 7.07. The highest BCUT2D eigenvalue weighted by Gasteiger charge is 2.15. The molecule has 154 valence electrons. The molecular weight excluding hydrogens is 400 g/mol. The lowest BCUT2D eigenvalue weighted by Crippen LogP contribution is -2.24. The predicted octanol–water partition coefficient (Wildman–Crippen LogP) is 4.73. The average Bonchev–Trinajstić information content (AvgIpc) is 3.11. The Morgan fingerprint density at radius 3 is 2.40 bits per heavy atom. The molecule has 0 aliphatic carbocycles. The van der Waals surface area contributed by atoms with Crippen LogP contribution in [0, 0.1) is 0 Å². The maximum atomic E-state index is 10.6. The minimum absolute atomic E-state index is 0.177. The summed E-state index contributed by atoms with van der Waals surface area (Å²) in [5.74, 6) is 2.39. The van der Waals surface area contributed by atoms with E-state index in [0.717, 1.165) is 28.2 Å². The largest absolute Gasteiger partial charge is 0.497 e. The fourth-order valence-corrected chi connectivity index (χ4v) is 3.50. The van der Waals surface area contributed by atoms with Gasteiger partial charge in [-0.3, -0.25) is 0 Å². The molecule has 0 radical (unpaired) electrons. The Morgan fingerprint density at radius 2 is 1.67 bits per heavy atom. The number of rotatable bonds is 8. The molecule has 1 atom stereocenters. The summed E-state index contributed by atoms with van der Waals surface area (Å²) >= 11 is 5.90. The molecule has 0 saturated carbocycles. The molecule has 4 aromatic rings. The van der Waals surface area contributed by atoms with Gasteiger partial charge in [-0.25, -0.2) is 4.98 Å². The van der Waals surface area contributed by atoms with Crippen molar-refractivity contribution in [2.24, 2.45) is 0 Å². The van der Waals surface area contributed by atoms with Crippen molar-refractivity contribution >= 4 is 22.6 Å². The smallest absolute Gasteiger partial charge is 0.119 e. The van der Waals surface area contributed by atoms with E-state index in [2.05, 4.69) is 4.57 Å². The molecular formula is C24H23ClN2O3. The number of nitrogens with zero attached hydrogens (tertiary/aromatic N) is 2. The van der Waals surface area contributed by atoms with Crippen molar-refractivity contribution in [3.8, 4) is 11.5 Å². The molecule has 0 fully saturated rings. The number of halogens is 1. The van der Waals surface area contributed by atoms with Crippen LogP contribution in [0.2, 0.25) is 5.02 Å². The lowest BCUT2D eigenvalue weighted by molar-refractivity contribution is 0.0928. The van der Waals surface area contributed by atoms with E-state index in [1.54, 1.807) is 31.4 Å². The lowest BCUT2D eigenvalue weighted by atomic mass is 10.1. The number of imidazole rings is 1. The quantitative estimate of drug-likeness (QED) is 0.446. The van der Waals surface area contributed by atoms with Gasteiger partial charge in [-0.05, 0) is 54.1 Å². The maximum Gasteiger partial charge on any atom is 0.119 e. The third-order valence-corrected chi connectivity index (χ3v) is 5.16. The van der Waals surface area contributed by atoms with E-state index >= 15 is 0 Å². The predicted molar refractivity (Wildman–Crippen MR) is 118 cm³/mol. The summed E-state index contributed by atoms with van der Waals surface area (Å²) in [5, 5.41) is 11.3. The summed E-state index contributed by atoms with van der Waals surface area (Å²) in [7, 11) is 1.65. The van der Waals surface area contributed by atoms with Crippen molar-refractivity contribution in [3.05, 3.63) is 89.2 Å². The van der Waals surface area contributed by atoms with Gasteiger partial charge in [0.15, 0.2) is 0 Å². The van der Waals surface area contributed by atoms with Crippen LogP contribution < -0.4 is 9.47 Å². The third kappa shape index (κ3) is 4.75. The van der Waals surface area contributed by atoms with Crippen molar-refractivity contribution in [2.75, 3.05) is 13.7 Å². The fourth-order valence-electron chi connectivity index (χ4n) is 3.38. The van der Waals surface area contributed by atoms with Crippen LogP contribution in [0.3, 0.4) is 0 Å². The monoisotopic (exact) mass is 422 g/mol. The molecule has 0 spiro atoms. The Balaban J connectivity index is 1.52. The van der Waals surface area contributed by atoms with Crippen LogP contribution in [0.4, 0.5) is 0 Å². The van der Waals surface area contributed by atoms with Crippen LogP contribution in [0.15, 0.2) is 72.8 Å². The zero-order chi connectivity index (χ0) is 20.9. The number of para-hydroxylation sites is 2. The highest BCUT2D eigenvalue weighted by Crippen LogP contribution is 2.21. The van der Waals surface area contributed by atoms with Gasteiger partial charge in [-0.1, -0.05) is 35.9 Å². The number of methoxy groups -OCH3 is 1. The number of aliphatic hydroxyl groups is 1. The number of hydrogen-bond donors (Lipinski definition) is 1. The summed E-state index contributed by atoms with van der Waals surface area (Å²) in [6.07, 6.45) is -0.0309. The molecule has 1 N–H and O–H groups in total. The minimum atomic E-state index is -0.687. The van der Waals surface area contributed by atoms with Gasteiger partial charge in [-0.15, -0.1) is 0 Å². The zero-order valence-corrected chi connectivity index (χ0v) is 17.4. The Bertz CT molecular complexity index is 1110. The Kier molecular flexibility index (Phi) is 6.21. The SMILES string of the molecule is COc1ccc(Cc2nc3ccccc3n2C[C@@H](O)COc2ccc(Cl)cc2)cc1. The van der Waals surface area contributed by atoms with E-state index in [1.165, 1.54) is 0 Å². The van der Waals surface area contributed by atoms with Crippen molar-refractivity contribution in [2.45, 2.75) is 19.1 Å². The Hall–Kier alpha value is -3.02. The summed E-state index contributed by atoms with van der Waals surface area (Å²) in [5.41, 5.74) is 3.03. The number of benzene rings is 3. The van der Waals surface area contributed by atoms with E-state index in [0.29, 0.717) is 23.7 Å². The summed E-state index contributed by atoms with van der Waals surface area (Å²) in [4.78, 5) is 4.80. The summed E-state index contributed by atoms with van der Waals surface area (Å²) in [6, 6.07) is 23.0. The molecule has 0 amide bonds. The molecule has 0 saturated heterocycles. The number of hydrogen-bond acceptors (Lipinski definition) is 4. The van der Waals surface area contributed by atoms with Gasteiger partial charge in [0, 0.05) is 11.4 Å². The van der Waals surface area contributed by atoms with Crippen molar-refractivity contribution < 1.29 is 14.6 Å². The molecule has 1 aromatic heterocycles. The fraction of sp³-hybridized carbons (Fsp3) is 0.208. The van der Waals surface area contributed by atoms with Crippen LogP contribution in [0.25, 0.3) is 11.0 Å². The molecule has 30 heavy (non-hydrogen) atoms. The second kappa shape index (κ2) is 9.20. The first-order valence-corrected chi connectivity index (χ1v) is 10.1. The van der Waals surface area contributed by atoms with Gasteiger partial charge in [0.2, 0.25) is 0 Å². The number of fused-ring (bicyclic) bond motifs is 1. The second-order valence-corrected chi connectivity index (χ2v) is 7.51. The van der Waals surface area contributed by atoms with E-state index in [1.807, 2.05) is 48.5 Å². The maximum absolute atomic E-state index is 10.6. The van der Waals surface area contributed by atoms with Gasteiger partial charge in [0.05, 0.1) is 24.7 Å². The Morgan fingerprint density at radius 1 is 0.967 bits per heavy atom. The molecule has 4 rings (SSSR count). The molecule has 5 nitrogen and oxygen atoms in total. The van der Waals surface area contributed by atoms with Gasteiger partial charge in [0.25, 0.3) is 0 Å². The number of aromatic nitrogens is 2. The highest BCUT2D eigenvalue weighted by atomic mass is 35.5. The number of ether oxygens (including phenoxy) is 2. The van der Waals surface area contributed by atoms with Gasteiger partial charge in [-0.2, -0.15) is 0 Å². The molecule has 0 unspecified atom stereocenters. The standard InChI is InChI=1S/C24H23ClN2O3/c1-29-20-10-6-17(7-11-20)14-24-26-22-4-2-3-5-23(22)27(24)15-19(28)16-30-21-12-8-18(25)9-13-21/h2-13,19,28H,14-16H2,1H3/t19-/m1/s1. The molecule has 6 heteroatoms. The van der Waals surface area contributed by atoms with E-state index in [9.17, 15) is 5.11 Å². The lowest BCUT2D eigenvalue weighted by Gasteiger charge is -2.16. The van der Waals surface area contributed by atoms with Crippen LogP contribution in [-0.2, 0) is 13.0 Å². The van der Waals surface area contributed by atoms with E-state index in [-0.39, 0.29) is 6.61 Å².